The lowest BCUT2D eigenvalue weighted by Crippen LogP contribution is -2.47. The van der Waals surface area contributed by atoms with Gasteiger partial charge in [-0.1, -0.05) is 18.2 Å². The summed E-state index contributed by atoms with van der Waals surface area (Å²) in [4.78, 5) is 35.0. The van der Waals surface area contributed by atoms with Crippen molar-refractivity contribution in [3.63, 3.8) is 0 Å². The maximum atomic E-state index is 12.7. The molecule has 0 fully saturated rings. The molecule has 0 bridgehead atoms. The Morgan fingerprint density at radius 1 is 1.29 bits per heavy atom. The minimum Gasteiger partial charge on any atom is -0.453 e. The average molecular weight is 376 g/mol. The van der Waals surface area contributed by atoms with Crippen LogP contribution in [0.15, 0.2) is 58.1 Å². The molecule has 1 aliphatic rings. The number of aromatic nitrogens is 1. The highest BCUT2D eigenvalue weighted by atomic mass is 16.3. The Kier molecular flexibility index (Phi) is 4.22. The summed E-state index contributed by atoms with van der Waals surface area (Å²) in [5.74, 6) is 0.230. The first-order chi connectivity index (χ1) is 13.4. The highest BCUT2D eigenvalue weighted by Gasteiger charge is 2.37. The van der Waals surface area contributed by atoms with Crippen molar-refractivity contribution in [3.8, 4) is 0 Å². The van der Waals surface area contributed by atoms with Crippen LogP contribution in [0.4, 0.5) is 0 Å². The summed E-state index contributed by atoms with van der Waals surface area (Å²) in [6.45, 7) is 1.82. The smallest absolute Gasteiger partial charge is 0.231 e. The lowest BCUT2D eigenvalue weighted by Gasteiger charge is -2.32. The third kappa shape index (κ3) is 3.15. The largest absolute Gasteiger partial charge is 0.453 e. The van der Waals surface area contributed by atoms with E-state index < -0.39 is 5.54 Å². The second-order valence-corrected chi connectivity index (χ2v) is 7.17. The predicted molar refractivity (Wildman–Crippen MR) is 105 cm³/mol. The summed E-state index contributed by atoms with van der Waals surface area (Å²) in [5.41, 5.74) is 7.08. The number of pyridine rings is 1. The first-order valence-electron chi connectivity index (χ1n) is 8.95. The molecule has 2 N–H and O–H groups in total. The second kappa shape index (κ2) is 6.60. The first kappa shape index (κ1) is 17.9. The lowest BCUT2D eigenvalue weighted by atomic mass is 9.90. The van der Waals surface area contributed by atoms with Crippen molar-refractivity contribution >= 4 is 28.6 Å². The number of guanidine groups is 1. The second-order valence-electron chi connectivity index (χ2n) is 7.17. The van der Waals surface area contributed by atoms with Gasteiger partial charge >= 0.3 is 0 Å². The molecule has 1 aromatic carbocycles. The van der Waals surface area contributed by atoms with E-state index in [1.807, 2.05) is 31.2 Å². The molecule has 4 rings (SSSR count). The van der Waals surface area contributed by atoms with Crippen LogP contribution < -0.4 is 5.73 Å². The van der Waals surface area contributed by atoms with Crippen LogP contribution in [0.25, 0.3) is 11.0 Å². The van der Waals surface area contributed by atoms with E-state index >= 15 is 0 Å². The van der Waals surface area contributed by atoms with Crippen molar-refractivity contribution in [2.45, 2.75) is 25.3 Å². The molecular formula is C21H20N4O3. The van der Waals surface area contributed by atoms with Gasteiger partial charge in [-0.25, -0.2) is 4.99 Å². The number of Topliss-reactive ketones (excluding diaryl/α,β-unsaturated/α-hetero) is 1. The van der Waals surface area contributed by atoms with E-state index in [-0.39, 0.29) is 30.5 Å². The van der Waals surface area contributed by atoms with E-state index in [4.69, 9.17) is 10.2 Å². The number of para-hydroxylation sites is 1. The van der Waals surface area contributed by atoms with Crippen molar-refractivity contribution < 1.29 is 14.0 Å². The molecule has 0 aliphatic carbocycles. The van der Waals surface area contributed by atoms with Crippen LogP contribution in [-0.4, -0.2) is 34.6 Å². The van der Waals surface area contributed by atoms with Gasteiger partial charge in [-0.3, -0.25) is 19.5 Å². The average Bonchev–Trinajstić information content (AvgIpc) is 3.11. The molecular weight excluding hydrogens is 356 g/mol. The Bertz CT molecular complexity index is 1080. The predicted octanol–water partition coefficient (Wildman–Crippen LogP) is 2.65. The van der Waals surface area contributed by atoms with Crippen LogP contribution in [0.1, 0.15) is 35.2 Å². The van der Waals surface area contributed by atoms with Crippen LogP contribution in [0, 0.1) is 0 Å². The number of rotatable bonds is 4. The van der Waals surface area contributed by atoms with E-state index in [0.29, 0.717) is 17.0 Å². The summed E-state index contributed by atoms with van der Waals surface area (Å²) in [7, 11) is 1.59. The number of furan rings is 1. The minimum atomic E-state index is -0.855. The number of carbonyl (C=O) groups is 2. The van der Waals surface area contributed by atoms with Gasteiger partial charge in [-0.15, -0.1) is 0 Å². The van der Waals surface area contributed by atoms with Crippen LogP contribution in [0.2, 0.25) is 0 Å². The molecule has 3 heterocycles. The van der Waals surface area contributed by atoms with E-state index in [1.54, 1.807) is 31.4 Å². The van der Waals surface area contributed by atoms with Gasteiger partial charge in [0.1, 0.15) is 11.1 Å². The number of hydrogen-bond donors (Lipinski definition) is 1. The molecule has 142 valence electrons. The molecule has 3 aromatic rings. The molecule has 28 heavy (non-hydrogen) atoms. The van der Waals surface area contributed by atoms with Crippen molar-refractivity contribution in [2.75, 3.05) is 7.05 Å². The van der Waals surface area contributed by atoms with Gasteiger partial charge in [0.2, 0.25) is 11.7 Å². The van der Waals surface area contributed by atoms with E-state index in [9.17, 15) is 9.59 Å². The number of benzene rings is 1. The molecule has 7 nitrogen and oxygen atoms in total. The lowest BCUT2D eigenvalue weighted by molar-refractivity contribution is -0.128. The quantitative estimate of drug-likeness (QED) is 0.705. The number of fused-ring (bicyclic) bond motifs is 1. The Morgan fingerprint density at radius 3 is 2.82 bits per heavy atom. The Balaban J connectivity index is 1.60. The van der Waals surface area contributed by atoms with E-state index in [0.717, 1.165) is 10.9 Å². The van der Waals surface area contributed by atoms with Crippen molar-refractivity contribution in [3.05, 3.63) is 65.7 Å². The van der Waals surface area contributed by atoms with Crippen LogP contribution in [0.5, 0.6) is 0 Å². The summed E-state index contributed by atoms with van der Waals surface area (Å²) in [6.07, 6.45) is 1.95. The topological polar surface area (TPSA) is 102 Å². The van der Waals surface area contributed by atoms with Crippen molar-refractivity contribution in [1.29, 1.82) is 0 Å². The highest BCUT2D eigenvalue weighted by molar-refractivity contribution is 5.99. The maximum absolute atomic E-state index is 12.7. The number of aliphatic imine (C=N–C) groups is 1. The molecule has 1 amide bonds. The van der Waals surface area contributed by atoms with Crippen LogP contribution in [0.3, 0.4) is 0 Å². The molecule has 7 heteroatoms. The fraction of sp³-hybridized carbons (Fsp3) is 0.238. The number of carbonyl (C=O) groups excluding carboxylic acids is 2. The van der Waals surface area contributed by atoms with Crippen molar-refractivity contribution in [1.82, 2.24) is 9.88 Å². The van der Waals surface area contributed by atoms with Gasteiger partial charge in [-0.2, -0.15) is 0 Å². The third-order valence-corrected chi connectivity index (χ3v) is 5.02. The molecule has 0 saturated carbocycles. The monoisotopic (exact) mass is 376 g/mol. The molecule has 1 aliphatic heterocycles. The zero-order valence-corrected chi connectivity index (χ0v) is 15.7. The summed E-state index contributed by atoms with van der Waals surface area (Å²) in [5, 5.41) is 0.892. The van der Waals surface area contributed by atoms with Gasteiger partial charge in [-0.05, 0) is 36.8 Å². The summed E-state index contributed by atoms with van der Waals surface area (Å²) in [6, 6.07) is 12.8. The van der Waals surface area contributed by atoms with Gasteiger partial charge in [0.25, 0.3) is 0 Å². The molecule has 1 unspecified atom stereocenters. The summed E-state index contributed by atoms with van der Waals surface area (Å²) >= 11 is 0. The fourth-order valence-corrected chi connectivity index (χ4v) is 3.33. The number of ketones is 1. The zero-order valence-electron chi connectivity index (χ0n) is 15.7. The van der Waals surface area contributed by atoms with Crippen molar-refractivity contribution in [2.24, 2.45) is 10.7 Å². The van der Waals surface area contributed by atoms with Gasteiger partial charge < -0.3 is 10.2 Å². The number of hydrogen-bond acceptors (Lipinski definition) is 6. The summed E-state index contributed by atoms with van der Waals surface area (Å²) < 4.78 is 5.65. The molecule has 1 atom stereocenters. The number of nitrogens with zero attached hydrogens (tertiary/aromatic N) is 3. The molecule has 0 radical (unpaired) electrons. The highest BCUT2D eigenvalue weighted by Crippen LogP contribution is 2.32. The third-order valence-electron chi connectivity index (χ3n) is 5.02. The van der Waals surface area contributed by atoms with E-state index in [1.165, 1.54) is 4.90 Å². The Labute approximate surface area is 161 Å². The molecule has 0 spiro atoms. The zero-order chi connectivity index (χ0) is 19.9. The number of amides is 1. The van der Waals surface area contributed by atoms with Gasteiger partial charge in [0.05, 0.1) is 12.1 Å². The fourth-order valence-electron chi connectivity index (χ4n) is 3.33. The van der Waals surface area contributed by atoms with Gasteiger partial charge in [0, 0.05) is 25.1 Å². The van der Waals surface area contributed by atoms with E-state index in [2.05, 4.69) is 9.98 Å². The number of nitrogens with two attached hydrogens (primary N) is 1. The SMILES string of the molecule is CN1C(=O)CC(C)(c2cc(CC(=O)c3cc4ccccc4o3)ccn2)N=C1N. The van der Waals surface area contributed by atoms with Crippen LogP contribution in [-0.2, 0) is 16.8 Å². The first-order valence-corrected chi connectivity index (χ1v) is 8.95. The Hall–Kier alpha value is -3.48. The normalized spacial score (nSPS) is 19.7. The standard InChI is InChI=1S/C21H20N4O3/c1-21(12-19(27)25(2)20(22)24-21)18-10-13(7-8-23-18)9-15(26)17-11-14-5-3-4-6-16(14)28-17/h3-8,10-11H,9,12H2,1-2H3,(H2,22,24). The maximum Gasteiger partial charge on any atom is 0.231 e. The van der Waals surface area contributed by atoms with Gasteiger partial charge in [0.15, 0.2) is 11.7 Å². The molecule has 2 aromatic heterocycles. The van der Waals surface area contributed by atoms with Crippen LogP contribution >= 0.6 is 0 Å². The minimum absolute atomic E-state index is 0.124. The Morgan fingerprint density at radius 2 is 2.07 bits per heavy atom. The molecule has 0 saturated heterocycles.